The van der Waals surface area contributed by atoms with Gasteiger partial charge in [-0.3, -0.25) is 14.4 Å². The number of aliphatic hydroxyl groups is 1. The van der Waals surface area contributed by atoms with Crippen molar-refractivity contribution >= 4 is 58.4 Å². The van der Waals surface area contributed by atoms with E-state index >= 15 is 0 Å². The number of nitrogens with one attached hydrogen (secondary N) is 1. The Bertz CT molecular complexity index is 1070. The van der Waals surface area contributed by atoms with Crippen LogP contribution in [0.5, 0.6) is 0 Å². The van der Waals surface area contributed by atoms with Gasteiger partial charge in [-0.25, -0.2) is 0 Å². The predicted octanol–water partition coefficient (Wildman–Crippen LogP) is 3.41. The lowest BCUT2D eigenvalue weighted by Crippen LogP contribution is -2.59. The first-order valence-electron chi connectivity index (χ1n) is 9.72. The van der Waals surface area contributed by atoms with Crippen molar-refractivity contribution in [2.75, 3.05) is 23.5 Å². The van der Waals surface area contributed by atoms with E-state index in [0.29, 0.717) is 17.0 Å². The van der Waals surface area contributed by atoms with Gasteiger partial charge >= 0.3 is 5.97 Å². The number of anilines is 1. The summed E-state index contributed by atoms with van der Waals surface area (Å²) in [6, 6.07) is 10.9. The van der Waals surface area contributed by atoms with Gasteiger partial charge in [-0.2, -0.15) is 11.8 Å². The molecule has 1 heterocycles. The minimum Gasteiger partial charge on any atom is -0.481 e. The maximum absolute atomic E-state index is 13.7. The maximum atomic E-state index is 13.7. The van der Waals surface area contributed by atoms with Gasteiger partial charge in [-0.05, 0) is 37.4 Å². The summed E-state index contributed by atoms with van der Waals surface area (Å²) in [6.07, 6.45) is 1.00. The zero-order chi connectivity index (χ0) is 23.6. The van der Waals surface area contributed by atoms with Crippen molar-refractivity contribution in [3.05, 3.63) is 63.6 Å². The van der Waals surface area contributed by atoms with Crippen molar-refractivity contribution in [2.45, 2.75) is 18.6 Å². The fraction of sp³-hybridized carbons (Fsp3) is 0.318. The third-order valence-corrected chi connectivity index (χ3v) is 6.92. The van der Waals surface area contributed by atoms with Crippen LogP contribution in [0.1, 0.15) is 22.8 Å². The van der Waals surface area contributed by atoms with Crippen LogP contribution in [0.4, 0.5) is 5.69 Å². The van der Waals surface area contributed by atoms with Gasteiger partial charge in [-0.15, -0.1) is 0 Å². The Morgan fingerprint density at radius 2 is 1.88 bits per heavy atom. The van der Waals surface area contributed by atoms with Crippen LogP contribution < -0.4 is 10.2 Å². The number of aliphatic carboxylic acids is 1. The first-order chi connectivity index (χ1) is 15.1. The van der Waals surface area contributed by atoms with Gasteiger partial charge in [0.25, 0.3) is 11.8 Å². The Morgan fingerprint density at radius 1 is 1.19 bits per heavy atom. The van der Waals surface area contributed by atoms with Crippen molar-refractivity contribution in [3.63, 3.8) is 0 Å². The van der Waals surface area contributed by atoms with Crippen molar-refractivity contribution in [1.82, 2.24) is 5.32 Å². The average molecular weight is 497 g/mol. The van der Waals surface area contributed by atoms with Gasteiger partial charge in [0.2, 0.25) is 0 Å². The Hall–Kier alpha value is -2.26. The number of carbonyl (C=O) groups is 3. The normalized spacial score (nSPS) is 19.4. The highest BCUT2D eigenvalue weighted by Crippen LogP contribution is 2.45. The molecule has 2 amide bonds. The predicted molar refractivity (Wildman–Crippen MR) is 126 cm³/mol. The minimum absolute atomic E-state index is 0.0343. The number of carbonyl (C=O) groups excluding carboxylic acids is 2. The number of amides is 2. The second-order valence-corrected chi connectivity index (χ2v) is 9.22. The smallest absolute Gasteiger partial charge is 0.309 e. The van der Waals surface area contributed by atoms with E-state index in [1.807, 2.05) is 6.26 Å². The Labute approximate surface area is 199 Å². The molecule has 170 valence electrons. The molecule has 0 aromatic heterocycles. The molecular weight excluding hydrogens is 475 g/mol. The van der Waals surface area contributed by atoms with E-state index in [4.69, 9.17) is 23.2 Å². The SMILES string of the molecule is CSCC(O)CN1C(=O)C(NC(=O)c2ccc(Cl)c(Cl)c2)(C(C)C(=O)O)c2ccccc21. The molecule has 3 N–H and O–H groups in total. The van der Waals surface area contributed by atoms with Gasteiger partial charge in [0.15, 0.2) is 5.54 Å². The molecular formula is C22H22Cl2N2O5S. The van der Waals surface area contributed by atoms with Crippen LogP contribution in [-0.4, -0.2) is 52.7 Å². The molecule has 0 bridgehead atoms. The monoisotopic (exact) mass is 496 g/mol. The van der Waals surface area contributed by atoms with Crippen LogP contribution in [0.3, 0.4) is 0 Å². The molecule has 10 heteroatoms. The van der Waals surface area contributed by atoms with Crippen LogP contribution in [-0.2, 0) is 15.1 Å². The molecule has 0 fully saturated rings. The molecule has 2 aromatic rings. The second-order valence-electron chi connectivity index (χ2n) is 7.49. The van der Waals surface area contributed by atoms with Crippen molar-refractivity contribution in [2.24, 2.45) is 5.92 Å². The molecule has 7 nitrogen and oxygen atoms in total. The van der Waals surface area contributed by atoms with E-state index in [0.717, 1.165) is 0 Å². The van der Waals surface area contributed by atoms with Crippen LogP contribution in [0.2, 0.25) is 10.0 Å². The van der Waals surface area contributed by atoms with Crippen LogP contribution in [0.15, 0.2) is 42.5 Å². The van der Waals surface area contributed by atoms with E-state index in [2.05, 4.69) is 5.32 Å². The van der Waals surface area contributed by atoms with Gasteiger partial charge in [0.05, 0.1) is 28.6 Å². The van der Waals surface area contributed by atoms with E-state index in [9.17, 15) is 24.6 Å². The summed E-state index contributed by atoms with van der Waals surface area (Å²) in [6.45, 7) is 1.33. The Balaban J connectivity index is 2.11. The topological polar surface area (TPSA) is 107 Å². The zero-order valence-corrected chi connectivity index (χ0v) is 19.7. The van der Waals surface area contributed by atoms with Crippen molar-refractivity contribution < 1.29 is 24.6 Å². The number of aliphatic hydroxyl groups excluding tert-OH is 1. The number of thioether (sulfide) groups is 1. The summed E-state index contributed by atoms with van der Waals surface area (Å²) < 4.78 is 0. The lowest BCUT2D eigenvalue weighted by atomic mass is 9.79. The average Bonchev–Trinajstić information content (AvgIpc) is 2.98. The number of carboxylic acid groups (broad SMARTS) is 1. The number of β-amino-alcohol motifs (C(OH)–C–C–N with tert-alkyl or cyclic N) is 1. The lowest BCUT2D eigenvalue weighted by Gasteiger charge is -2.33. The summed E-state index contributed by atoms with van der Waals surface area (Å²) in [5.41, 5.74) is -0.947. The first-order valence-corrected chi connectivity index (χ1v) is 11.9. The third kappa shape index (κ3) is 4.32. The third-order valence-electron chi connectivity index (χ3n) is 5.47. The first kappa shape index (κ1) is 24.4. The van der Waals surface area contributed by atoms with Crippen LogP contribution in [0.25, 0.3) is 0 Å². The van der Waals surface area contributed by atoms with E-state index in [1.165, 1.54) is 41.8 Å². The zero-order valence-electron chi connectivity index (χ0n) is 17.3. The summed E-state index contributed by atoms with van der Waals surface area (Å²) in [5.74, 6) is -3.46. The molecule has 3 unspecified atom stereocenters. The summed E-state index contributed by atoms with van der Waals surface area (Å²) >= 11 is 13.4. The number of nitrogens with zero attached hydrogens (tertiary/aromatic N) is 1. The standard InChI is InChI=1S/C22H22Cl2N2O5S/c1-12(20(29)30)22(25-19(28)13-7-8-16(23)17(24)9-13)15-5-3-4-6-18(15)26(21(22)31)10-14(27)11-32-2/h3-9,12,14,27H,10-11H2,1-2H3,(H,25,28)(H,29,30). The van der Waals surface area contributed by atoms with Crippen molar-refractivity contribution in [1.29, 1.82) is 0 Å². The van der Waals surface area contributed by atoms with E-state index in [1.54, 1.807) is 24.3 Å². The van der Waals surface area contributed by atoms with E-state index in [-0.39, 0.29) is 22.2 Å². The molecule has 1 aliphatic rings. The lowest BCUT2D eigenvalue weighted by molar-refractivity contribution is -0.147. The fourth-order valence-electron chi connectivity index (χ4n) is 3.84. The molecule has 0 saturated carbocycles. The summed E-state index contributed by atoms with van der Waals surface area (Å²) in [7, 11) is 0. The maximum Gasteiger partial charge on any atom is 0.309 e. The number of carboxylic acids is 1. The van der Waals surface area contributed by atoms with Crippen molar-refractivity contribution in [3.8, 4) is 0 Å². The number of hydrogen-bond acceptors (Lipinski definition) is 5. The minimum atomic E-state index is -1.87. The van der Waals surface area contributed by atoms with Gasteiger partial charge in [-0.1, -0.05) is 41.4 Å². The number of para-hydroxylation sites is 1. The fourth-order valence-corrected chi connectivity index (χ4v) is 4.63. The summed E-state index contributed by atoms with van der Waals surface area (Å²) in [4.78, 5) is 40.3. The molecule has 0 spiro atoms. The molecule has 3 atom stereocenters. The molecule has 32 heavy (non-hydrogen) atoms. The molecule has 0 radical (unpaired) electrons. The van der Waals surface area contributed by atoms with Gasteiger partial charge in [0, 0.05) is 22.6 Å². The highest BCUT2D eigenvalue weighted by molar-refractivity contribution is 7.98. The number of rotatable bonds is 8. The van der Waals surface area contributed by atoms with Crippen LogP contribution >= 0.6 is 35.0 Å². The second kappa shape index (κ2) is 9.70. The molecule has 2 aromatic carbocycles. The Morgan fingerprint density at radius 3 is 2.50 bits per heavy atom. The van der Waals surface area contributed by atoms with Gasteiger partial charge in [0.1, 0.15) is 0 Å². The molecule has 1 aliphatic heterocycles. The quantitative estimate of drug-likeness (QED) is 0.516. The Kier molecular flexibility index (Phi) is 7.39. The number of benzene rings is 2. The number of fused-ring (bicyclic) bond motifs is 1. The number of hydrogen-bond donors (Lipinski definition) is 3. The molecule has 3 rings (SSSR count). The van der Waals surface area contributed by atoms with Gasteiger partial charge < -0.3 is 20.4 Å². The molecule has 0 aliphatic carbocycles. The largest absolute Gasteiger partial charge is 0.481 e. The summed E-state index contributed by atoms with van der Waals surface area (Å²) in [5, 5.41) is 23.3. The molecule has 0 saturated heterocycles. The highest BCUT2D eigenvalue weighted by atomic mass is 35.5. The van der Waals surface area contributed by atoms with E-state index < -0.39 is 35.3 Å². The van der Waals surface area contributed by atoms with Crippen LogP contribution in [0, 0.1) is 5.92 Å². The highest BCUT2D eigenvalue weighted by Gasteiger charge is 2.57. The number of halogens is 2.